The summed E-state index contributed by atoms with van der Waals surface area (Å²) in [5, 5.41) is 7.39. The Hall–Kier alpha value is -1.67. The number of aromatic nitrogens is 2. The molecule has 4 nitrogen and oxygen atoms in total. The van der Waals surface area contributed by atoms with Crippen LogP contribution in [0.2, 0.25) is 0 Å². The highest BCUT2D eigenvalue weighted by Gasteiger charge is 2.33. The molecule has 27 heavy (non-hydrogen) atoms. The molecule has 0 saturated heterocycles. The molecule has 8 heteroatoms. The van der Waals surface area contributed by atoms with Crippen LogP contribution in [0.15, 0.2) is 36.5 Å². The van der Waals surface area contributed by atoms with Gasteiger partial charge in [-0.15, -0.1) is 0 Å². The minimum atomic E-state index is -4.44. The molecule has 1 N–H and O–H groups in total. The average Bonchev–Trinajstić information content (AvgIpc) is 3.17. The third-order valence-electron chi connectivity index (χ3n) is 4.96. The quantitative estimate of drug-likeness (QED) is 0.797. The Balaban J connectivity index is 1.56. The number of alkyl halides is 3. The molecular weight excluding hydrogens is 375 g/mol. The molecule has 3 rings (SSSR count). The van der Waals surface area contributed by atoms with E-state index in [-0.39, 0.29) is 5.25 Å². The second-order valence-corrected chi connectivity index (χ2v) is 8.85. The van der Waals surface area contributed by atoms with Crippen LogP contribution in [-0.4, -0.2) is 31.0 Å². The summed E-state index contributed by atoms with van der Waals surface area (Å²) in [6, 6.07) is 8.64. The van der Waals surface area contributed by atoms with E-state index < -0.39 is 22.7 Å². The molecule has 0 aliphatic heterocycles. The maximum absolute atomic E-state index is 12.7. The molecule has 0 bridgehead atoms. The van der Waals surface area contributed by atoms with Crippen LogP contribution in [0, 0.1) is 0 Å². The maximum atomic E-state index is 12.7. The molecule has 0 amide bonds. The fourth-order valence-electron chi connectivity index (χ4n) is 3.45. The van der Waals surface area contributed by atoms with Crippen LogP contribution in [0.4, 0.5) is 13.2 Å². The van der Waals surface area contributed by atoms with Gasteiger partial charge in [-0.05, 0) is 43.0 Å². The third kappa shape index (κ3) is 5.19. The van der Waals surface area contributed by atoms with Crippen molar-refractivity contribution in [2.24, 2.45) is 0 Å². The minimum absolute atomic E-state index is 0.284. The van der Waals surface area contributed by atoms with Crippen LogP contribution in [0.25, 0.3) is 5.69 Å². The fraction of sp³-hybridized carbons (Fsp3) is 0.526. The van der Waals surface area contributed by atoms with Crippen LogP contribution in [-0.2, 0) is 23.5 Å². The number of halogens is 3. The molecule has 1 aliphatic carbocycles. The standard InChI is InChI=1S/C19H24F3N3OS/c1-2-27(26)17-5-3-4-15(12-17)23-13-14-6-8-16(9-7-14)25-11-10-18(24-25)19(20,21)22/h6-11,15,17,23H,2-5,12-13H2,1H3. The lowest BCUT2D eigenvalue weighted by Gasteiger charge is -2.29. The highest BCUT2D eigenvalue weighted by atomic mass is 32.2. The Kier molecular flexibility index (Phi) is 6.37. The Morgan fingerprint density at radius 3 is 2.59 bits per heavy atom. The number of nitrogens with zero attached hydrogens (tertiary/aromatic N) is 2. The van der Waals surface area contributed by atoms with E-state index in [2.05, 4.69) is 10.4 Å². The molecule has 3 unspecified atom stereocenters. The van der Waals surface area contributed by atoms with Gasteiger partial charge in [-0.2, -0.15) is 18.3 Å². The average molecular weight is 399 g/mol. The molecule has 1 saturated carbocycles. The van der Waals surface area contributed by atoms with E-state index >= 15 is 0 Å². The summed E-state index contributed by atoms with van der Waals surface area (Å²) < 4.78 is 51.2. The van der Waals surface area contributed by atoms with Gasteiger partial charge in [0.15, 0.2) is 5.69 Å². The summed E-state index contributed by atoms with van der Waals surface area (Å²) in [6.07, 6.45) is 1.03. The zero-order chi connectivity index (χ0) is 19.4. The van der Waals surface area contributed by atoms with E-state index in [0.717, 1.165) is 37.3 Å². The summed E-state index contributed by atoms with van der Waals surface area (Å²) >= 11 is 0. The van der Waals surface area contributed by atoms with Gasteiger partial charge in [0.2, 0.25) is 0 Å². The second kappa shape index (κ2) is 8.56. The largest absolute Gasteiger partial charge is 0.435 e. The number of benzene rings is 1. The summed E-state index contributed by atoms with van der Waals surface area (Å²) in [5.41, 5.74) is 0.746. The van der Waals surface area contributed by atoms with Crippen molar-refractivity contribution < 1.29 is 17.4 Å². The predicted octanol–water partition coefficient (Wildman–Crippen LogP) is 4.06. The first-order valence-corrected chi connectivity index (χ1v) is 10.6. The molecule has 0 spiro atoms. The van der Waals surface area contributed by atoms with Gasteiger partial charge in [-0.25, -0.2) is 4.68 Å². The summed E-state index contributed by atoms with van der Waals surface area (Å²) in [5.74, 6) is 0.711. The van der Waals surface area contributed by atoms with Crippen molar-refractivity contribution in [3.8, 4) is 5.69 Å². The maximum Gasteiger partial charge on any atom is 0.435 e. The molecule has 1 aromatic heterocycles. The van der Waals surface area contributed by atoms with E-state index in [1.165, 1.54) is 10.9 Å². The Labute approximate surface area is 159 Å². The van der Waals surface area contributed by atoms with Gasteiger partial charge in [-0.1, -0.05) is 25.5 Å². The van der Waals surface area contributed by atoms with E-state index in [0.29, 0.717) is 24.0 Å². The Morgan fingerprint density at radius 2 is 1.96 bits per heavy atom. The van der Waals surface area contributed by atoms with Crippen molar-refractivity contribution >= 4 is 10.8 Å². The van der Waals surface area contributed by atoms with Crippen LogP contribution in [0.1, 0.15) is 43.9 Å². The van der Waals surface area contributed by atoms with Crippen molar-refractivity contribution in [2.45, 2.75) is 56.6 Å². The predicted molar refractivity (Wildman–Crippen MR) is 100 cm³/mol. The first kappa shape index (κ1) is 20.1. The van der Waals surface area contributed by atoms with E-state index in [1.807, 2.05) is 19.1 Å². The van der Waals surface area contributed by atoms with Crippen LogP contribution in [0.5, 0.6) is 0 Å². The van der Waals surface area contributed by atoms with Gasteiger partial charge >= 0.3 is 6.18 Å². The molecule has 148 valence electrons. The second-order valence-electron chi connectivity index (χ2n) is 6.85. The summed E-state index contributed by atoms with van der Waals surface area (Å²) in [4.78, 5) is 0. The molecular formula is C19H24F3N3OS. The fourth-order valence-corrected chi connectivity index (χ4v) is 4.80. The lowest BCUT2D eigenvalue weighted by Crippen LogP contribution is -2.37. The number of nitrogens with one attached hydrogen (secondary N) is 1. The molecule has 1 fully saturated rings. The van der Waals surface area contributed by atoms with Gasteiger partial charge in [0.05, 0.1) is 5.69 Å². The Morgan fingerprint density at radius 1 is 1.22 bits per heavy atom. The Bertz CT molecular complexity index is 773. The number of hydrogen-bond acceptors (Lipinski definition) is 3. The highest BCUT2D eigenvalue weighted by molar-refractivity contribution is 7.85. The van der Waals surface area contributed by atoms with Gasteiger partial charge in [0, 0.05) is 40.6 Å². The SMILES string of the molecule is CCS(=O)C1CCCC(NCc2ccc(-n3ccc(C(F)(F)F)n3)cc2)C1. The monoisotopic (exact) mass is 399 g/mol. The third-order valence-corrected chi connectivity index (χ3v) is 6.70. The van der Waals surface area contributed by atoms with Crippen molar-refractivity contribution in [1.82, 2.24) is 15.1 Å². The lowest BCUT2D eigenvalue weighted by atomic mass is 9.95. The number of hydrogen-bond donors (Lipinski definition) is 1. The molecule has 1 aromatic carbocycles. The van der Waals surface area contributed by atoms with Gasteiger partial charge in [0.25, 0.3) is 0 Å². The first-order chi connectivity index (χ1) is 12.9. The van der Waals surface area contributed by atoms with Crippen LogP contribution in [0.3, 0.4) is 0 Å². The van der Waals surface area contributed by atoms with Crippen molar-refractivity contribution in [3.63, 3.8) is 0 Å². The van der Waals surface area contributed by atoms with Crippen molar-refractivity contribution in [2.75, 3.05) is 5.75 Å². The topological polar surface area (TPSA) is 46.9 Å². The van der Waals surface area contributed by atoms with E-state index in [4.69, 9.17) is 0 Å². The van der Waals surface area contributed by atoms with Gasteiger partial charge < -0.3 is 5.32 Å². The minimum Gasteiger partial charge on any atom is -0.310 e. The smallest absolute Gasteiger partial charge is 0.310 e. The van der Waals surface area contributed by atoms with Crippen LogP contribution >= 0.6 is 0 Å². The zero-order valence-corrected chi connectivity index (χ0v) is 16.0. The number of rotatable bonds is 6. The summed E-state index contributed by atoms with van der Waals surface area (Å²) in [7, 11) is -0.741. The van der Waals surface area contributed by atoms with E-state index in [9.17, 15) is 17.4 Å². The first-order valence-electron chi connectivity index (χ1n) is 9.19. The molecule has 0 radical (unpaired) electrons. The zero-order valence-electron chi connectivity index (χ0n) is 15.2. The van der Waals surface area contributed by atoms with Crippen molar-refractivity contribution in [1.29, 1.82) is 0 Å². The molecule has 2 aromatic rings. The summed E-state index contributed by atoms with van der Waals surface area (Å²) in [6.45, 7) is 2.65. The highest BCUT2D eigenvalue weighted by Crippen LogP contribution is 2.28. The van der Waals surface area contributed by atoms with Gasteiger partial charge in [0.1, 0.15) is 0 Å². The molecule has 1 heterocycles. The van der Waals surface area contributed by atoms with Gasteiger partial charge in [-0.3, -0.25) is 4.21 Å². The van der Waals surface area contributed by atoms with Crippen molar-refractivity contribution in [3.05, 3.63) is 47.8 Å². The normalized spacial score (nSPS) is 21.9. The van der Waals surface area contributed by atoms with E-state index in [1.54, 1.807) is 12.1 Å². The lowest BCUT2D eigenvalue weighted by molar-refractivity contribution is -0.141. The molecule has 3 atom stereocenters. The molecule has 1 aliphatic rings. The van der Waals surface area contributed by atoms with Crippen LogP contribution < -0.4 is 5.32 Å².